The number of anilines is 1. The Labute approximate surface area is 169 Å². The first-order valence-corrected chi connectivity index (χ1v) is 10.8. The molecule has 0 aliphatic carbocycles. The Balaban J connectivity index is 1.37. The third kappa shape index (κ3) is 3.50. The van der Waals surface area contributed by atoms with Crippen molar-refractivity contribution in [2.75, 3.05) is 31.6 Å². The standard InChI is InChI=1S/C21H26N4O2S/c1-24-9-2-4-15(24)8-10-25-16-7-6-14(23-20(22)19-5-3-11-28-19)12-17(16)26-13-18-21(25)27-18/h3,5-7,11-12,15,18,21H,2,4,8-10,13H2,1H3,(H2,22,23). The Hall–Kier alpha value is -2.09. The zero-order valence-electron chi connectivity index (χ0n) is 16.1. The molecule has 148 valence electrons. The number of benzene rings is 1. The average Bonchev–Trinajstić information content (AvgIpc) is 3.07. The van der Waals surface area contributed by atoms with E-state index in [-0.39, 0.29) is 12.3 Å². The summed E-state index contributed by atoms with van der Waals surface area (Å²) in [5.41, 5.74) is 8.06. The van der Waals surface area contributed by atoms with Crippen LogP contribution in [0.15, 0.2) is 40.7 Å². The molecular formula is C21H26N4O2S. The second kappa shape index (κ2) is 7.39. The van der Waals surface area contributed by atoms with E-state index in [9.17, 15) is 0 Å². The highest BCUT2D eigenvalue weighted by Gasteiger charge is 2.47. The maximum absolute atomic E-state index is 6.15. The number of amidine groups is 1. The van der Waals surface area contributed by atoms with Crippen LogP contribution in [0.5, 0.6) is 5.75 Å². The molecule has 4 heterocycles. The first-order valence-electron chi connectivity index (χ1n) is 9.96. The molecule has 0 amide bonds. The van der Waals surface area contributed by atoms with Gasteiger partial charge in [-0.25, -0.2) is 4.99 Å². The summed E-state index contributed by atoms with van der Waals surface area (Å²) in [5, 5.41) is 2.00. The molecule has 3 aliphatic rings. The molecule has 3 unspecified atom stereocenters. The van der Waals surface area contributed by atoms with Gasteiger partial charge in [0.05, 0.1) is 16.3 Å². The van der Waals surface area contributed by atoms with Gasteiger partial charge in [0.15, 0.2) is 6.23 Å². The van der Waals surface area contributed by atoms with Crippen LogP contribution < -0.4 is 15.4 Å². The molecule has 0 spiro atoms. The van der Waals surface area contributed by atoms with Crippen LogP contribution in [-0.4, -0.2) is 55.9 Å². The number of fused-ring (bicyclic) bond motifs is 2. The fraction of sp³-hybridized carbons (Fsp3) is 0.476. The molecule has 6 nitrogen and oxygen atoms in total. The van der Waals surface area contributed by atoms with Gasteiger partial charge < -0.3 is 25.0 Å². The summed E-state index contributed by atoms with van der Waals surface area (Å²) in [6.45, 7) is 2.78. The molecule has 5 rings (SSSR count). The highest BCUT2D eigenvalue weighted by atomic mass is 32.1. The zero-order chi connectivity index (χ0) is 19.1. The van der Waals surface area contributed by atoms with Gasteiger partial charge in [-0.15, -0.1) is 11.3 Å². The minimum atomic E-state index is 0.137. The summed E-state index contributed by atoms with van der Waals surface area (Å²) in [4.78, 5) is 10.4. The molecule has 2 N–H and O–H groups in total. The first kappa shape index (κ1) is 18.0. The van der Waals surface area contributed by atoms with E-state index in [1.807, 2.05) is 29.6 Å². The number of ether oxygens (including phenoxy) is 2. The number of likely N-dealkylation sites (tertiary alicyclic amines) is 1. The van der Waals surface area contributed by atoms with Gasteiger partial charge in [-0.1, -0.05) is 6.07 Å². The molecule has 1 aromatic carbocycles. The third-order valence-electron chi connectivity index (χ3n) is 5.92. The second-order valence-corrected chi connectivity index (χ2v) is 8.71. The monoisotopic (exact) mass is 398 g/mol. The summed E-state index contributed by atoms with van der Waals surface area (Å²) in [6.07, 6.45) is 4.04. The van der Waals surface area contributed by atoms with Gasteiger partial charge in [-0.3, -0.25) is 0 Å². The van der Waals surface area contributed by atoms with Crippen LogP contribution in [0.3, 0.4) is 0 Å². The Morgan fingerprint density at radius 1 is 1.36 bits per heavy atom. The smallest absolute Gasteiger partial charge is 0.161 e. The lowest BCUT2D eigenvalue weighted by atomic mass is 10.1. The molecule has 0 radical (unpaired) electrons. The van der Waals surface area contributed by atoms with Crippen molar-refractivity contribution in [2.24, 2.45) is 10.7 Å². The van der Waals surface area contributed by atoms with Crippen LogP contribution in [0.2, 0.25) is 0 Å². The minimum absolute atomic E-state index is 0.137. The van der Waals surface area contributed by atoms with Crippen molar-refractivity contribution in [3.63, 3.8) is 0 Å². The van der Waals surface area contributed by atoms with E-state index in [1.54, 1.807) is 11.3 Å². The molecule has 3 aliphatic heterocycles. The zero-order valence-corrected chi connectivity index (χ0v) is 16.9. The predicted octanol–water partition coefficient (Wildman–Crippen LogP) is 3.19. The fourth-order valence-electron chi connectivity index (χ4n) is 4.26. The predicted molar refractivity (Wildman–Crippen MR) is 113 cm³/mol. The van der Waals surface area contributed by atoms with Crippen molar-refractivity contribution in [1.82, 2.24) is 4.90 Å². The maximum atomic E-state index is 6.15. The molecule has 2 aromatic rings. The topological polar surface area (TPSA) is 66.6 Å². The van der Waals surface area contributed by atoms with Crippen LogP contribution in [0.4, 0.5) is 11.4 Å². The highest BCUT2D eigenvalue weighted by molar-refractivity contribution is 7.12. The molecule has 1 aromatic heterocycles. The van der Waals surface area contributed by atoms with Crippen molar-refractivity contribution in [1.29, 1.82) is 0 Å². The van der Waals surface area contributed by atoms with E-state index in [0.717, 1.165) is 35.0 Å². The van der Waals surface area contributed by atoms with Crippen LogP contribution in [0, 0.1) is 0 Å². The fourth-order valence-corrected chi connectivity index (χ4v) is 4.89. The van der Waals surface area contributed by atoms with Crippen molar-refractivity contribution >= 4 is 28.5 Å². The maximum Gasteiger partial charge on any atom is 0.161 e. The van der Waals surface area contributed by atoms with E-state index < -0.39 is 0 Å². The van der Waals surface area contributed by atoms with E-state index in [4.69, 9.17) is 15.2 Å². The molecule has 7 heteroatoms. The van der Waals surface area contributed by atoms with Crippen LogP contribution >= 0.6 is 11.3 Å². The normalized spacial score (nSPS) is 27.1. The van der Waals surface area contributed by atoms with E-state index in [1.165, 1.54) is 19.4 Å². The lowest BCUT2D eigenvalue weighted by Gasteiger charge is -2.27. The number of nitrogens with two attached hydrogens (primary N) is 1. The second-order valence-electron chi connectivity index (χ2n) is 7.76. The lowest BCUT2D eigenvalue weighted by molar-refractivity contribution is 0.252. The van der Waals surface area contributed by atoms with Gasteiger partial charge in [0.2, 0.25) is 0 Å². The summed E-state index contributed by atoms with van der Waals surface area (Å²) in [5.74, 6) is 1.41. The Morgan fingerprint density at radius 2 is 2.29 bits per heavy atom. The quantitative estimate of drug-likeness (QED) is 0.476. The SMILES string of the molecule is CN1CCCC1CCN1c2ccc(N=C(N)c3cccs3)cc2OCC2OC21. The van der Waals surface area contributed by atoms with Crippen molar-refractivity contribution in [3.05, 3.63) is 40.6 Å². The summed E-state index contributed by atoms with van der Waals surface area (Å²) < 4.78 is 11.9. The van der Waals surface area contributed by atoms with Gasteiger partial charge in [-0.2, -0.15) is 0 Å². The molecule has 28 heavy (non-hydrogen) atoms. The van der Waals surface area contributed by atoms with Crippen LogP contribution in [0.1, 0.15) is 24.1 Å². The average molecular weight is 399 g/mol. The van der Waals surface area contributed by atoms with Crippen LogP contribution in [0.25, 0.3) is 0 Å². The van der Waals surface area contributed by atoms with Crippen molar-refractivity contribution in [2.45, 2.75) is 37.6 Å². The number of nitrogens with zero attached hydrogens (tertiary/aromatic N) is 3. The summed E-state index contributed by atoms with van der Waals surface area (Å²) in [7, 11) is 2.23. The third-order valence-corrected chi connectivity index (χ3v) is 6.81. The van der Waals surface area contributed by atoms with Gasteiger partial charge >= 0.3 is 0 Å². The number of epoxide rings is 1. The minimum Gasteiger partial charge on any atom is -0.488 e. The Kier molecular flexibility index (Phi) is 4.74. The number of aliphatic imine (C=N–C) groups is 1. The molecule has 2 saturated heterocycles. The van der Waals surface area contributed by atoms with Gasteiger partial charge in [-0.05, 0) is 56.4 Å². The van der Waals surface area contributed by atoms with Gasteiger partial charge in [0.25, 0.3) is 0 Å². The number of thiophene rings is 1. The van der Waals surface area contributed by atoms with Crippen LogP contribution in [-0.2, 0) is 4.74 Å². The molecular weight excluding hydrogens is 372 g/mol. The molecule has 3 atom stereocenters. The van der Waals surface area contributed by atoms with E-state index in [0.29, 0.717) is 18.5 Å². The largest absolute Gasteiger partial charge is 0.488 e. The molecule has 0 saturated carbocycles. The highest BCUT2D eigenvalue weighted by Crippen LogP contribution is 2.42. The van der Waals surface area contributed by atoms with Crippen molar-refractivity contribution in [3.8, 4) is 5.75 Å². The number of rotatable bonds is 5. The Bertz CT molecular complexity index is 869. The molecule has 2 fully saturated rings. The van der Waals surface area contributed by atoms with Gasteiger partial charge in [0.1, 0.15) is 24.3 Å². The van der Waals surface area contributed by atoms with E-state index >= 15 is 0 Å². The lowest BCUT2D eigenvalue weighted by Crippen LogP contribution is -2.34. The van der Waals surface area contributed by atoms with Gasteiger partial charge in [0, 0.05) is 18.7 Å². The summed E-state index contributed by atoms with van der Waals surface area (Å²) >= 11 is 1.59. The first-order chi connectivity index (χ1) is 13.7. The number of hydrogen-bond acceptors (Lipinski definition) is 6. The number of hydrogen-bond donors (Lipinski definition) is 1. The molecule has 0 bridgehead atoms. The Morgan fingerprint density at radius 3 is 3.07 bits per heavy atom. The summed E-state index contributed by atoms with van der Waals surface area (Å²) in [6, 6.07) is 10.7. The van der Waals surface area contributed by atoms with E-state index in [2.05, 4.69) is 27.9 Å². The van der Waals surface area contributed by atoms with Crippen molar-refractivity contribution < 1.29 is 9.47 Å².